The van der Waals surface area contributed by atoms with Crippen molar-refractivity contribution in [3.8, 4) is 0 Å². The summed E-state index contributed by atoms with van der Waals surface area (Å²) in [6, 6.07) is 4.64. The maximum absolute atomic E-state index is 13.5. The summed E-state index contributed by atoms with van der Waals surface area (Å²) in [6.07, 6.45) is 3.78. The lowest BCUT2D eigenvalue weighted by Gasteiger charge is -2.13. The Morgan fingerprint density at radius 3 is 3.00 bits per heavy atom. The van der Waals surface area contributed by atoms with Crippen LogP contribution in [0.15, 0.2) is 18.2 Å². The Labute approximate surface area is 124 Å². The van der Waals surface area contributed by atoms with Gasteiger partial charge in [-0.05, 0) is 49.9 Å². The van der Waals surface area contributed by atoms with E-state index in [0.29, 0.717) is 24.4 Å². The zero-order chi connectivity index (χ0) is 15.1. The molecular weight excluding hydrogens is 271 g/mol. The normalized spacial score (nSPS) is 19.0. The second-order valence-electron chi connectivity index (χ2n) is 5.61. The Morgan fingerprint density at radius 2 is 2.24 bits per heavy atom. The molecule has 4 nitrogen and oxygen atoms in total. The zero-order valence-corrected chi connectivity index (χ0v) is 12.2. The van der Waals surface area contributed by atoms with Crippen molar-refractivity contribution < 1.29 is 14.3 Å². The van der Waals surface area contributed by atoms with E-state index in [-0.39, 0.29) is 18.1 Å². The molecule has 1 aromatic carbocycles. The number of nitrogens with one attached hydrogen (secondary N) is 2. The van der Waals surface area contributed by atoms with E-state index in [4.69, 9.17) is 5.11 Å². The van der Waals surface area contributed by atoms with E-state index in [2.05, 4.69) is 10.6 Å². The van der Waals surface area contributed by atoms with Gasteiger partial charge in [0, 0.05) is 18.5 Å². The molecule has 0 aliphatic carbocycles. The van der Waals surface area contributed by atoms with Crippen LogP contribution in [-0.2, 0) is 17.9 Å². The molecule has 1 aromatic rings. The van der Waals surface area contributed by atoms with Crippen molar-refractivity contribution in [1.82, 2.24) is 10.6 Å². The summed E-state index contributed by atoms with van der Waals surface area (Å²) in [7, 11) is 0. The fourth-order valence-electron chi connectivity index (χ4n) is 2.66. The summed E-state index contributed by atoms with van der Waals surface area (Å²) in [4.78, 5) is 11.9. The molecule has 1 amide bonds. The van der Waals surface area contributed by atoms with E-state index >= 15 is 0 Å². The highest BCUT2D eigenvalue weighted by Crippen LogP contribution is 2.17. The molecule has 0 saturated carbocycles. The topological polar surface area (TPSA) is 61.4 Å². The van der Waals surface area contributed by atoms with Crippen LogP contribution in [0.25, 0.3) is 0 Å². The van der Waals surface area contributed by atoms with Crippen LogP contribution in [0, 0.1) is 11.7 Å². The van der Waals surface area contributed by atoms with Crippen molar-refractivity contribution >= 4 is 5.91 Å². The van der Waals surface area contributed by atoms with Crippen molar-refractivity contribution in [2.45, 2.75) is 38.8 Å². The minimum Gasteiger partial charge on any atom is -0.392 e. The minimum atomic E-state index is -0.431. The van der Waals surface area contributed by atoms with Crippen molar-refractivity contribution in [1.29, 1.82) is 0 Å². The highest BCUT2D eigenvalue weighted by molar-refractivity contribution is 5.76. The Bertz CT molecular complexity index is 471. The molecule has 0 unspecified atom stereocenters. The van der Waals surface area contributed by atoms with Crippen LogP contribution in [0.2, 0.25) is 0 Å². The van der Waals surface area contributed by atoms with Crippen LogP contribution in [0.3, 0.4) is 0 Å². The first-order chi connectivity index (χ1) is 10.2. The van der Waals surface area contributed by atoms with E-state index in [1.54, 1.807) is 12.1 Å². The van der Waals surface area contributed by atoms with Crippen molar-refractivity contribution in [2.75, 3.05) is 13.1 Å². The molecule has 0 bridgehead atoms. The maximum Gasteiger partial charge on any atom is 0.220 e. The minimum absolute atomic E-state index is 0.0218. The molecule has 1 aliphatic rings. The smallest absolute Gasteiger partial charge is 0.220 e. The molecule has 0 aromatic heterocycles. The Kier molecular flexibility index (Phi) is 6.14. The van der Waals surface area contributed by atoms with Crippen molar-refractivity contribution in [3.05, 3.63) is 35.1 Å². The van der Waals surface area contributed by atoms with Crippen molar-refractivity contribution in [3.63, 3.8) is 0 Å². The highest BCUT2D eigenvalue weighted by atomic mass is 19.1. The van der Waals surface area contributed by atoms with E-state index in [0.717, 1.165) is 32.4 Å². The number of amides is 1. The van der Waals surface area contributed by atoms with Gasteiger partial charge >= 0.3 is 0 Å². The van der Waals surface area contributed by atoms with Crippen LogP contribution in [0.1, 0.15) is 36.8 Å². The number of aliphatic hydroxyl groups excluding tert-OH is 1. The number of rotatable bonds is 5. The van der Waals surface area contributed by atoms with Gasteiger partial charge in [-0.3, -0.25) is 4.79 Å². The average molecular weight is 294 g/mol. The average Bonchev–Trinajstić information content (AvgIpc) is 2.74. The Morgan fingerprint density at radius 1 is 1.38 bits per heavy atom. The van der Waals surface area contributed by atoms with Gasteiger partial charge in [0.2, 0.25) is 5.91 Å². The summed E-state index contributed by atoms with van der Waals surface area (Å²) in [6.45, 7) is 2.03. The van der Waals surface area contributed by atoms with E-state index in [1.165, 1.54) is 6.07 Å². The number of aliphatic hydroxyl groups is 1. The molecule has 2 rings (SSSR count). The van der Waals surface area contributed by atoms with Gasteiger partial charge in [0.15, 0.2) is 0 Å². The maximum atomic E-state index is 13.5. The quantitative estimate of drug-likeness (QED) is 0.775. The second kappa shape index (κ2) is 8.10. The van der Waals surface area contributed by atoms with E-state index < -0.39 is 5.82 Å². The summed E-state index contributed by atoms with van der Waals surface area (Å²) >= 11 is 0. The molecule has 1 atom stereocenters. The first kappa shape index (κ1) is 15.9. The number of benzene rings is 1. The molecule has 1 heterocycles. The van der Waals surface area contributed by atoms with Gasteiger partial charge in [0.25, 0.3) is 0 Å². The molecule has 3 N–H and O–H groups in total. The van der Waals surface area contributed by atoms with Crippen LogP contribution >= 0.6 is 0 Å². The van der Waals surface area contributed by atoms with Crippen LogP contribution in [0.4, 0.5) is 4.39 Å². The molecule has 0 spiro atoms. The Hall–Kier alpha value is -1.46. The van der Waals surface area contributed by atoms with Crippen LogP contribution in [-0.4, -0.2) is 24.1 Å². The first-order valence-corrected chi connectivity index (χ1v) is 7.54. The predicted molar refractivity (Wildman–Crippen MR) is 79.0 cm³/mol. The third-order valence-electron chi connectivity index (χ3n) is 3.95. The lowest BCUT2D eigenvalue weighted by atomic mass is 9.96. The summed E-state index contributed by atoms with van der Waals surface area (Å²) in [5, 5.41) is 15.1. The second-order valence-corrected chi connectivity index (χ2v) is 5.61. The Balaban J connectivity index is 1.79. The summed E-state index contributed by atoms with van der Waals surface area (Å²) in [5.74, 6) is 0.0288. The molecule has 1 saturated heterocycles. The molecule has 116 valence electrons. The molecular formula is C16H23FN2O2. The highest BCUT2D eigenvalue weighted by Gasteiger charge is 2.15. The SMILES string of the molecule is O=C(C[C@@H]1CCCNCC1)NCc1ccc(CO)c(F)c1. The van der Waals surface area contributed by atoms with Crippen LogP contribution < -0.4 is 10.6 Å². The lowest BCUT2D eigenvalue weighted by molar-refractivity contribution is -0.122. The monoisotopic (exact) mass is 294 g/mol. The molecule has 1 fully saturated rings. The van der Waals surface area contributed by atoms with Gasteiger partial charge in [-0.25, -0.2) is 4.39 Å². The first-order valence-electron chi connectivity index (χ1n) is 7.54. The predicted octanol–water partition coefficient (Wildman–Crippen LogP) is 1.71. The van der Waals surface area contributed by atoms with E-state index in [1.807, 2.05) is 0 Å². The number of hydrogen-bond donors (Lipinski definition) is 3. The third-order valence-corrected chi connectivity index (χ3v) is 3.95. The third kappa shape index (κ3) is 5.10. The number of halogens is 1. The van der Waals surface area contributed by atoms with Gasteiger partial charge in [-0.2, -0.15) is 0 Å². The standard InChI is InChI=1S/C16H23FN2O2/c17-15-8-13(3-4-14(15)11-20)10-19-16(21)9-12-2-1-6-18-7-5-12/h3-4,8,12,18,20H,1-2,5-7,9-11H2,(H,19,21)/t12-/m1/s1. The van der Waals surface area contributed by atoms with Gasteiger partial charge < -0.3 is 15.7 Å². The van der Waals surface area contributed by atoms with Gasteiger partial charge in [0.05, 0.1) is 6.61 Å². The fourth-order valence-corrected chi connectivity index (χ4v) is 2.66. The molecule has 21 heavy (non-hydrogen) atoms. The van der Waals surface area contributed by atoms with Gasteiger partial charge in [-0.15, -0.1) is 0 Å². The summed E-state index contributed by atoms with van der Waals surface area (Å²) < 4.78 is 13.5. The van der Waals surface area contributed by atoms with Crippen molar-refractivity contribution in [2.24, 2.45) is 5.92 Å². The number of carbonyl (C=O) groups excluding carboxylic acids is 1. The number of hydrogen-bond acceptors (Lipinski definition) is 3. The lowest BCUT2D eigenvalue weighted by Crippen LogP contribution is -2.25. The largest absolute Gasteiger partial charge is 0.392 e. The zero-order valence-electron chi connectivity index (χ0n) is 12.2. The van der Waals surface area contributed by atoms with Gasteiger partial charge in [0.1, 0.15) is 5.82 Å². The van der Waals surface area contributed by atoms with E-state index in [9.17, 15) is 9.18 Å². The molecule has 0 radical (unpaired) electrons. The fraction of sp³-hybridized carbons (Fsp3) is 0.562. The molecule has 5 heteroatoms. The van der Waals surface area contributed by atoms with Gasteiger partial charge in [-0.1, -0.05) is 12.1 Å². The summed E-state index contributed by atoms with van der Waals surface area (Å²) in [5.41, 5.74) is 0.983. The van der Waals surface area contributed by atoms with Crippen LogP contribution in [0.5, 0.6) is 0 Å². The number of carbonyl (C=O) groups is 1. The molecule has 1 aliphatic heterocycles.